The molecule has 0 N–H and O–H groups in total. The van der Waals surface area contributed by atoms with Crippen LogP contribution in [-0.2, 0) is 13.2 Å². The molecule has 0 saturated carbocycles. The summed E-state index contributed by atoms with van der Waals surface area (Å²) in [7, 11) is 0. The lowest BCUT2D eigenvalue weighted by molar-refractivity contribution is 0.267. The second kappa shape index (κ2) is 7.72. The van der Waals surface area contributed by atoms with Crippen molar-refractivity contribution in [2.75, 3.05) is 13.1 Å². The first kappa shape index (κ1) is 17.4. The quantitative estimate of drug-likeness (QED) is 0.683. The van der Waals surface area contributed by atoms with E-state index in [-0.39, 0.29) is 0 Å². The van der Waals surface area contributed by atoms with E-state index >= 15 is 0 Å². The van der Waals surface area contributed by atoms with Crippen LogP contribution in [0.4, 0.5) is 0 Å². The molecule has 0 bridgehead atoms. The first-order valence-corrected chi connectivity index (χ1v) is 10.1. The number of hydrogen-bond acceptors (Lipinski definition) is 6. The first-order valence-electron chi connectivity index (χ1n) is 9.31. The van der Waals surface area contributed by atoms with Gasteiger partial charge in [0.15, 0.2) is 10.8 Å². The van der Waals surface area contributed by atoms with Crippen LogP contribution in [0.3, 0.4) is 0 Å². The number of hydrogen-bond donors (Lipinski definition) is 0. The Morgan fingerprint density at radius 1 is 1.04 bits per heavy atom. The Morgan fingerprint density at radius 2 is 1.85 bits per heavy atom. The van der Waals surface area contributed by atoms with Gasteiger partial charge in [-0.1, -0.05) is 30.2 Å². The molecule has 0 spiro atoms. The average Bonchev–Trinajstić information content (AvgIpc) is 3.09. The molecule has 6 nitrogen and oxygen atoms in total. The molecule has 1 fully saturated rings. The highest BCUT2D eigenvalue weighted by atomic mass is 32.1. The number of rotatable bonds is 5. The maximum atomic E-state index is 5.91. The fraction of sp³-hybridized carbons (Fsp3) is 0.526. The molecule has 1 saturated heterocycles. The lowest BCUT2D eigenvalue weighted by Gasteiger charge is -2.17. The Labute approximate surface area is 157 Å². The lowest BCUT2D eigenvalue weighted by atomic mass is 10.1. The summed E-state index contributed by atoms with van der Waals surface area (Å²) < 4.78 is 7.79. The molecule has 7 heteroatoms. The fourth-order valence-corrected chi connectivity index (χ4v) is 4.06. The van der Waals surface area contributed by atoms with Gasteiger partial charge in [-0.15, -0.1) is 10.2 Å². The third kappa shape index (κ3) is 3.88. The summed E-state index contributed by atoms with van der Waals surface area (Å²) >= 11 is 1.55. The zero-order valence-electron chi connectivity index (χ0n) is 15.4. The smallest absolute Gasteiger partial charge is 0.234 e. The summed E-state index contributed by atoms with van der Waals surface area (Å²) in [6.45, 7) is 7.76. The van der Waals surface area contributed by atoms with Gasteiger partial charge in [0, 0.05) is 0 Å². The topological polar surface area (TPSA) is 55.6 Å². The molecular weight excluding hydrogens is 346 g/mol. The van der Waals surface area contributed by atoms with Crippen molar-refractivity contribution in [2.24, 2.45) is 0 Å². The van der Waals surface area contributed by atoms with Gasteiger partial charge < -0.3 is 4.74 Å². The van der Waals surface area contributed by atoms with Crippen LogP contribution in [0.2, 0.25) is 0 Å². The van der Waals surface area contributed by atoms with Gasteiger partial charge in [-0.3, -0.25) is 4.90 Å². The minimum absolute atomic E-state index is 0.458. The van der Waals surface area contributed by atoms with Crippen LogP contribution in [0.5, 0.6) is 5.75 Å². The van der Waals surface area contributed by atoms with E-state index < -0.39 is 0 Å². The Kier molecular flexibility index (Phi) is 5.17. The summed E-state index contributed by atoms with van der Waals surface area (Å²) in [4.78, 5) is 3.31. The normalized spacial score (nSPS) is 16.1. The molecule has 1 aliphatic heterocycles. The highest BCUT2D eigenvalue weighted by molar-refractivity contribution is 7.16. The van der Waals surface area contributed by atoms with Crippen molar-refractivity contribution in [1.29, 1.82) is 0 Å². The molecule has 0 aliphatic carbocycles. The Bertz CT molecular complexity index is 879. The van der Waals surface area contributed by atoms with E-state index in [2.05, 4.69) is 46.2 Å². The molecule has 3 heterocycles. The molecule has 3 aromatic rings. The van der Waals surface area contributed by atoms with Crippen molar-refractivity contribution in [2.45, 2.75) is 52.7 Å². The molecule has 26 heavy (non-hydrogen) atoms. The van der Waals surface area contributed by atoms with Crippen LogP contribution < -0.4 is 4.74 Å². The Morgan fingerprint density at radius 3 is 2.62 bits per heavy atom. The van der Waals surface area contributed by atoms with Crippen molar-refractivity contribution in [1.82, 2.24) is 24.7 Å². The highest BCUT2D eigenvalue weighted by Crippen LogP contribution is 2.21. The standard InChI is InChI=1S/C19H25N5OS/c1-14-7-8-16(11-15(14)2)25-13-18-22-24-17(20-21-19(24)26-18)12-23-9-5-3-4-6-10-23/h7-8,11H,3-6,9-10,12-13H2,1-2H3. The number of benzene rings is 1. The van der Waals surface area contributed by atoms with Crippen LogP contribution in [0.25, 0.3) is 4.96 Å². The predicted molar refractivity (Wildman–Crippen MR) is 103 cm³/mol. The zero-order valence-corrected chi connectivity index (χ0v) is 16.3. The van der Waals surface area contributed by atoms with E-state index in [0.717, 1.165) is 41.2 Å². The van der Waals surface area contributed by atoms with Crippen LogP contribution in [0.1, 0.15) is 47.6 Å². The van der Waals surface area contributed by atoms with Crippen LogP contribution in [0, 0.1) is 13.8 Å². The number of likely N-dealkylation sites (tertiary alicyclic amines) is 1. The van der Waals surface area contributed by atoms with Crippen molar-refractivity contribution >= 4 is 16.3 Å². The van der Waals surface area contributed by atoms with Crippen molar-refractivity contribution in [3.63, 3.8) is 0 Å². The maximum absolute atomic E-state index is 5.91. The summed E-state index contributed by atoms with van der Waals surface area (Å²) in [6.07, 6.45) is 5.22. The van der Waals surface area contributed by atoms with E-state index in [1.165, 1.54) is 36.8 Å². The van der Waals surface area contributed by atoms with E-state index in [4.69, 9.17) is 4.74 Å². The molecule has 2 aromatic heterocycles. The molecule has 1 aromatic carbocycles. The molecule has 0 radical (unpaired) electrons. The molecule has 0 atom stereocenters. The van der Waals surface area contributed by atoms with Crippen LogP contribution in [-0.4, -0.2) is 37.8 Å². The number of aromatic nitrogens is 4. The third-order valence-electron chi connectivity index (χ3n) is 5.00. The molecule has 4 rings (SSSR count). The number of fused-ring (bicyclic) bond motifs is 1. The van der Waals surface area contributed by atoms with Gasteiger partial charge in [0.25, 0.3) is 0 Å². The SMILES string of the molecule is Cc1ccc(OCc2nn3c(CN4CCCCCC4)nnc3s2)cc1C. The summed E-state index contributed by atoms with van der Waals surface area (Å²) in [5.74, 6) is 1.81. The van der Waals surface area contributed by atoms with Gasteiger partial charge in [-0.2, -0.15) is 9.61 Å². The molecule has 0 unspecified atom stereocenters. The molecular formula is C19H25N5OS. The maximum Gasteiger partial charge on any atom is 0.234 e. The second-order valence-corrected chi connectivity index (χ2v) is 8.07. The van der Waals surface area contributed by atoms with Gasteiger partial charge in [0.2, 0.25) is 4.96 Å². The van der Waals surface area contributed by atoms with Crippen molar-refractivity contribution in [3.05, 3.63) is 40.2 Å². The minimum atomic E-state index is 0.458. The van der Waals surface area contributed by atoms with Gasteiger partial charge in [-0.25, -0.2) is 0 Å². The van der Waals surface area contributed by atoms with E-state index in [0.29, 0.717) is 6.61 Å². The summed E-state index contributed by atoms with van der Waals surface area (Å²) in [5.41, 5.74) is 2.51. The predicted octanol–water partition coefficient (Wildman–Crippen LogP) is 3.76. The molecule has 1 aliphatic rings. The van der Waals surface area contributed by atoms with Gasteiger partial charge in [-0.05, 0) is 63.0 Å². The van der Waals surface area contributed by atoms with Gasteiger partial charge >= 0.3 is 0 Å². The number of aryl methyl sites for hydroxylation is 2. The van der Waals surface area contributed by atoms with Crippen LogP contribution >= 0.6 is 11.3 Å². The third-order valence-corrected chi connectivity index (χ3v) is 5.87. The van der Waals surface area contributed by atoms with Crippen LogP contribution in [0.15, 0.2) is 18.2 Å². The lowest BCUT2D eigenvalue weighted by Crippen LogP contribution is -2.25. The second-order valence-electron chi connectivity index (χ2n) is 7.03. The highest BCUT2D eigenvalue weighted by Gasteiger charge is 2.16. The summed E-state index contributed by atoms with van der Waals surface area (Å²) in [6, 6.07) is 6.16. The van der Waals surface area contributed by atoms with Crippen molar-refractivity contribution < 1.29 is 4.74 Å². The molecule has 138 valence electrons. The summed E-state index contributed by atoms with van der Waals surface area (Å²) in [5, 5.41) is 14.2. The monoisotopic (exact) mass is 371 g/mol. The Balaban J connectivity index is 1.44. The van der Waals surface area contributed by atoms with Gasteiger partial charge in [0.1, 0.15) is 12.4 Å². The van der Waals surface area contributed by atoms with E-state index in [9.17, 15) is 0 Å². The largest absolute Gasteiger partial charge is 0.486 e. The number of nitrogens with zero attached hydrogens (tertiary/aromatic N) is 5. The fourth-order valence-electron chi connectivity index (χ4n) is 3.30. The number of ether oxygens (including phenoxy) is 1. The molecule has 0 amide bonds. The first-order chi connectivity index (χ1) is 12.7. The zero-order chi connectivity index (χ0) is 17.9. The van der Waals surface area contributed by atoms with E-state index in [1.54, 1.807) is 11.3 Å². The van der Waals surface area contributed by atoms with Gasteiger partial charge in [0.05, 0.1) is 6.54 Å². The minimum Gasteiger partial charge on any atom is -0.486 e. The van der Waals surface area contributed by atoms with Crippen molar-refractivity contribution in [3.8, 4) is 5.75 Å². The Hall–Kier alpha value is -1.99. The average molecular weight is 372 g/mol. The van der Waals surface area contributed by atoms with E-state index in [1.807, 2.05) is 10.6 Å².